The topological polar surface area (TPSA) is 44.4 Å². The lowest BCUT2D eigenvalue weighted by Gasteiger charge is -2.49. The molecule has 2 aromatic rings. The minimum Gasteiger partial charge on any atom is -0.364 e. The fourth-order valence-electron chi connectivity index (χ4n) is 5.51. The molecule has 4 rings (SSSR count). The molecule has 1 aromatic carbocycles. The molecule has 5 heteroatoms. The Morgan fingerprint density at radius 3 is 2.33 bits per heavy atom. The lowest BCUT2D eigenvalue weighted by molar-refractivity contribution is -0.987. The van der Waals surface area contributed by atoms with Gasteiger partial charge >= 0.3 is 0 Å². The van der Waals surface area contributed by atoms with Crippen molar-refractivity contribution in [3.63, 3.8) is 0 Å². The maximum atomic E-state index is 6.07. The molecule has 0 spiro atoms. The number of quaternary nitrogens is 1. The molecule has 1 aromatic heterocycles. The molecular weight excluding hydrogens is 336 g/mol. The summed E-state index contributed by atoms with van der Waals surface area (Å²) in [5, 5.41) is 9.22. The number of nitrogens with zero attached hydrogens (tertiary/aromatic N) is 3. The summed E-state index contributed by atoms with van der Waals surface area (Å²) in [4.78, 5) is 1.62. The van der Waals surface area contributed by atoms with Crippen molar-refractivity contribution in [3.8, 4) is 0 Å². The highest BCUT2D eigenvalue weighted by Crippen LogP contribution is 2.42. The SMILES string of the molecule is C[C@@H]1C[NH+](C2(n3nnc4ccccc43)CCC(C(C)(C)C)CC2)C[C@@H](C)O1. The van der Waals surface area contributed by atoms with Crippen LogP contribution in [0.5, 0.6) is 0 Å². The zero-order valence-corrected chi connectivity index (χ0v) is 17.5. The second-order valence-corrected chi connectivity index (χ2v) is 9.93. The van der Waals surface area contributed by atoms with Crippen LogP contribution in [-0.4, -0.2) is 40.3 Å². The van der Waals surface area contributed by atoms with Crippen LogP contribution >= 0.6 is 0 Å². The summed E-state index contributed by atoms with van der Waals surface area (Å²) < 4.78 is 8.35. The van der Waals surface area contributed by atoms with Gasteiger partial charge in [0, 0.05) is 12.8 Å². The fraction of sp³-hybridized carbons (Fsp3) is 0.727. The summed E-state index contributed by atoms with van der Waals surface area (Å²) in [6.07, 6.45) is 5.41. The van der Waals surface area contributed by atoms with Gasteiger partial charge in [0.05, 0.1) is 5.52 Å². The van der Waals surface area contributed by atoms with E-state index in [1.807, 2.05) is 0 Å². The van der Waals surface area contributed by atoms with E-state index in [4.69, 9.17) is 9.95 Å². The van der Waals surface area contributed by atoms with Crippen molar-refractivity contribution >= 4 is 11.0 Å². The van der Waals surface area contributed by atoms with Crippen molar-refractivity contribution in [2.75, 3.05) is 13.1 Å². The van der Waals surface area contributed by atoms with Crippen LogP contribution in [0.3, 0.4) is 0 Å². The number of nitrogens with one attached hydrogen (secondary N) is 1. The fourth-order valence-corrected chi connectivity index (χ4v) is 5.51. The van der Waals surface area contributed by atoms with Crippen LogP contribution in [0.25, 0.3) is 11.0 Å². The molecule has 148 valence electrons. The Morgan fingerprint density at radius 2 is 1.70 bits per heavy atom. The quantitative estimate of drug-likeness (QED) is 0.883. The van der Waals surface area contributed by atoms with Gasteiger partial charge in [0.25, 0.3) is 0 Å². The third kappa shape index (κ3) is 3.40. The van der Waals surface area contributed by atoms with E-state index in [2.05, 4.69) is 68.7 Å². The normalized spacial score (nSPS) is 35.4. The second-order valence-electron chi connectivity index (χ2n) is 9.93. The third-order valence-corrected chi connectivity index (χ3v) is 6.99. The molecule has 27 heavy (non-hydrogen) atoms. The average molecular weight is 372 g/mol. The Labute approximate surface area is 163 Å². The summed E-state index contributed by atoms with van der Waals surface area (Å²) in [6, 6.07) is 8.42. The van der Waals surface area contributed by atoms with E-state index >= 15 is 0 Å². The molecule has 1 saturated heterocycles. The summed E-state index contributed by atoms with van der Waals surface area (Å²) >= 11 is 0. The number of rotatable bonds is 2. The van der Waals surface area contributed by atoms with Crippen molar-refractivity contribution in [1.82, 2.24) is 15.0 Å². The van der Waals surface area contributed by atoms with Crippen LogP contribution in [0.15, 0.2) is 24.3 Å². The van der Waals surface area contributed by atoms with Crippen LogP contribution in [-0.2, 0) is 10.4 Å². The minimum atomic E-state index is -0.00977. The molecule has 0 amide bonds. The van der Waals surface area contributed by atoms with Crippen molar-refractivity contribution in [2.45, 2.75) is 78.2 Å². The monoisotopic (exact) mass is 371 g/mol. The molecule has 2 atom stereocenters. The number of benzene rings is 1. The highest BCUT2D eigenvalue weighted by molar-refractivity contribution is 5.74. The maximum absolute atomic E-state index is 6.07. The molecule has 0 bridgehead atoms. The first-order valence-corrected chi connectivity index (χ1v) is 10.6. The van der Waals surface area contributed by atoms with Crippen molar-refractivity contribution in [2.24, 2.45) is 11.3 Å². The van der Waals surface area contributed by atoms with E-state index in [0.717, 1.165) is 37.4 Å². The Kier molecular flexibility index (Phi) is 4.79. The number of aromatic nitrogens is 3. The van der Waals surface area contributed by atoms with Gasteiger partial charge in [-0.25, -0.2) is 0 Å². The second kappa shape index (κ2) is 6.85. The zero-order chi connectivity index (χ0) is 19.2. The number of morpholine rings is 1. The van der Waals surface area contributed by atoms with Crippen LogP contribution in [0.2, 0.25) is 0 Å². The molecule has 5 nitrogen and oxygen atoms in total. The van der Waals surface area contributed by atoms with E-state index in [1.165, 1.54) is 18.4 Å². The molecule has 0 radical (unpaired) electrons. The van der Waals surface area contributed by atoms with E-state index < -0.39 is 0 Å². The van der Waals surface area contributed by atoms with Gasteiger partial charge < -0.3 is 9.64 Å². The molecule has 2 fully saturated rings. The smallest absolute Gasteiger partial charge is 0.195 e. The van der Waals surface area contributed by atoms with Crippen molar-refractivity contribution in [1.29, 1.82) is 0 Å². The van der Waals surface area contributed by atoms with Gasteiger partial charge in [-0.05, 0) is 50.2 Å². The Hall–Kier alpha value is -1.46. The Morgan fingerprint density at radius 1 is 1.07 bits per heavy atom. The van der Waals surface area contributed by atoms with Gasteiger partial charge in [0.2, 0.25) is 0 Å². The summed E-state index contributed by atoms with van der Waals surface area (Å²) in [6.45, 7) is 13.7. The maximum Gasteiger partial charge on any atom is 0.195 e. The summed E-state index contributed by atoms with van der Waals surface area (Å²) in [7, 11) is 0. The number of hydrogen-bond donors (Lipinski definition) is 1. The highest BCUT2D eigenvalue weighted by atomic mass is 16.5. The highest BCUT2D eigenvalue weighted by Gasteiger charge is 2.50. The number of para-hydroxylation sites is 1. The zero-order valence-electron chi connectivity index (χ0n) is 17.5. The van der Waals surface area contributed by atoms with Gasteiger partial charge in [0.1, 0.15) is 30.8 Å². The van der Waals surface area contributed by atoms with Gasteiger partial charge in [-0.2, -0.15) is 4.68 Å². The van der Waals surface area contributed by atoms with E-state index in [0.29, 0.717) is 5.41 Å². The molecule has 2 aliphatic rings. The van der Waals surface area contributed by atoms with Crippen molar-refractivity contribution in [3.05, 3.63) is 24.3 Å². The predicted molar refractivity (Wildman–Crippen MR) is 108 cm³/mol. The van der Waals surface area contributed by atoms with Crippen LogP contribution in [0, 0.1) is 11.3 Å². The van der Waals surface area contributed by atoms with Gasteiger partial charge in [-0.1, -0.05) is 38.1 Å². The largest absolute Gasteiger partial charge is 0.364 e. The molecule has 2 heterocycles. The van der Waals surface area contributed by atoms with Crippen LogP contribution in [0.1, 0.15) is 60.3 Å². The number of hydrogen-bond acceptors (Lipinski definition) is 3. The number of fused-ring (bicyclic) bond motifs is 1. The lowest BCUT2D eigenvalue weighted by atomic mass is 9.69. The van der Waals surface area contributed by atoms with Gasteiger partial charge in [-0.15, -0.1) is 5.10 Å². The van der Waals surface area contributed by atoms with Gasteiger partial charge in [0.15, 0.2) is 5.66 Å². The molecule has 1 aliphatic carbocycles. The molecular formula is C22H35N4O+. The van der Waals surface area contributed by atoms with Gasteiger partial charge in [-0.3, -0.25) is 0 Å². The van der Waals surface area contributed by atoms with E-state index in [9.17, 15) is 0 Å². The Balaban J connectivity index is 1.74. The third-order valence-electron chi connectivity index (χ3n) is 6.99. The summed E-state index contributed by atoms with van der Waals surface area (Å²) in [5.41, 5.74) is 2.54. The van der Waals surface area contributed by atoms with E-state index in [-0.39, 0.29) is 17.9 Å². The lowest BCUT2D eigenvalue weighted by Crippen LogP contribution is -3.22. The minimum absolute atomic E-state index is 0.00977. The predicted octanol–water partition coefficient (Wildman–Crippen LogP) is 3.01. The van der Waals surface area contributed by atoms with E-state index in [1.54, 1.807) is 4.90 Å². The van der Waals surface area contributed by atoms with Crippen molar-refractivity contribution < 1.29 is 9.64 Å². The first-order valence-electron chi connectivity index (χ1n) is 10.6. The van der Waals surface area contributed by atoms with Crippen LogP contribution < -0.4 is 4.90 Å². The average Bonchev–Trinajstić information content (AvgIpc) is 3.05. The molecule has 1 saturated carbocycles. The molecule has 1 N–H and O–H groups in total. The number of ether oxygens (including phenoxy) is 1. The Bertz CT molecular complexity index is 775. The molecule has 0 unspecified atom stereocenters. The summed E-state index contributed by atoms with van der Waals surface area (Å²) in [5.74, 6) is 0.774. The first-order chi connectivity index (χ1) is 12.8. The molecule has 1 aliphatic heterocycles. The first kappa shape index (κ1) is 18.9. The van der Waals surface area contributed by atoms with Crippen LogP contribution in [0.4, 0.5) is 0 Å². The standard InChI is InChI=1S/C22H34N4O/c1-16-14-25(15-17(2)27-16)22(12-10-18(11-13-22)21(3,4)5)26-20-9-7-6-8-19(20)23-24-26/h6-9,16-18H,10-15H2,1-5H3/p+1/t16-,17-,18?,22?/m1/s1.